The van der Waals surface area contributed by atoms with Crippen molar-refractivity contribution in [3.63, 3.8) is 0 Å². The first-order valence-corrected chi connectivity index (χ1v) is 8.00. The van der Waals surface area contributed by atoms with Crippen molar-refractivity contribution in [1.82, 2.24) is 24.9 Å². The molecule has 1 aromatic rings. The van der Waals surface area contributed by atoms with Crippen molar-refractivity contribution in [2.24, 2.45) is 4.99 Å². The molecule has 0 atom stereocenters. The van der Waals surface area contributed by atoms with Crippen molar-refractivity contribution >= 4 is 12.1 Å². The Morgan fingerprint density at radius 2 is 2.04 bits per heavy atom. The Balaban J connectivity index is 1.75. The number of guanidine groups is 1. The lowest BCUT2D eigenvalue weighted by Crippen LogP contribution is -2.54. The van der Waals surface area contributed by atoms with Gasteiger partial charge in [0.2, 0.25) is 0 Å². The van der Waals surface area contributed by atoms with Crippen LogP contribution in [0.5, 0.6) is 0 Å². The second-order valence-corrected chi connectivity index (χ2v) is 5.43. The standard InChI is InChI=1S/C15H26N6O2/c1-4-23-15(22)20-9-7-19(8-10-20)14(16-3)17-5-6-21-12-13(2)11-18-21/h11-12H,4-10H2,1-3H3,(H,16,17). The summed E-state index contributed by atoms with van der Waals surface area (Å²) in [5.41, 5.74) is 1.16. The highest BCUT2D eigenvalue weighted by Crippen LogP contribution is 2.04. The van der Waals surface area contributed by atoms with Gasteiger partial charge in [0.15, 0.2) is 5.96 Å². The van der Waals surface area contributed by atoms with Gasteiger partial charge in [-0.2, -0.15) is 5.10 Å². The molecule has 1 aromatic heterocycles. The minimum Gasteiger partial charge on any atom is -0.450 e. The highest BCUT2D eigenvalue weighted by atomic mass is 16.6. The maximum atomic E-state index is 11.7. The third kappa shape index (κ3) is 4.87. The number of aliphatic imine (C=N–C) groups is 1. The lowest BCUT2D eigenvalue weighted by molar-refractivity contribution is 0.0914. The number of carbonyl (C=O) groups is 1. The van der Waals surface area contributed by atoms with Crippen LogP contribution in [0.4, 0.5) is 4.79 Å². The second-order valence-electron chi connectivity index (χ2n) is 5.43. The normalized spacial score (nSPS) is 15.7. The first kappa shape index (κ1) is 17.1. The number of aryl methyl sites for hydroxylation is 1. The number of nitrogens with one attached hydrogen (secondary N) is 1. The van der Waals surface area contributed by atoms with E-state index >= 15 is 0 Å². The highest BCUT2D eigenvalue weighted by Gasteiger charge is 2.23. The van der Waals surface area contributed by atoms with E-state index in [4.69, 9.17) is 4.74 Å². The number of amides is 1. The van der Waals surface area contributed by atoms with E-state index in [0.717, 1.165) is 37.7 Å². The van der Waals surface area contributed by atoms with Crippen LogP contribution in [0.25, 0.3) is 0 Å². The van der Waals surface area contributed by atoms with E-state index in [-0.39, 0.29) is 6.09 Å². The van der Waals surface area contributed by atoms with Crippen LogP contribution in [0.2, 0.25) is 0 Å². The van der Waals surface area contributed by atoms with Gasteiger partial charge in [-0.15, -0.1) is 0 Å². The van der Waals surface area contributed by atoms with E-state index in [1.54, 1.807) is 11.9 Å². The molecule has 0 radical (unpaired) electrons. The molecule has 1 fully saturated rings. The van der Waals surface area contributed by atoms with Crippen LogP contribution in [-0.4, -0.2) is 78.0 Å². The van der Waals surface area contributed by atoms with Crippen LogP contribution in [0.3, 0.4) is 0 Å². The number of aromatic nitrogens is 2. The lowest BCUT2D eigenvalue weighted by atomic mass is 10.3. The topological polar surface area (TPSA) is 75.0 Å². The second kappa shape index (κ2) is 8.40. The van der Waals surface area contributed by atoms with Crippen molar-refractivity contribution in [2.45, 2.75) is 20.4 Å². The summed E-state index contributed by atoms with van der Waals surface area (Å²) < 4.78 is 6.94. The minimum atomic E-state index is -0.232. The van der Waals surface area contributed by atoms with Crippen molar-refractivity contribution in [3.05, 3.63) is 18.0 Å². The number of hydrogen-bond acceptors (Lipinski definition) is 4. The van der Waals surface area contributed by atoms with Crippen molar-refractivity contribution in [3.8, 4) is 0 Å². The fourth-order valence-corrected chi connectivity index (χ4v) is 2.52. The van der Waals surface area contributed by atoms with Gasteiger partial charge in [0.25, 0.3) is 0 Å². The number of ether oxygens (including phenoxy) is 1. The first-order chi connectivity index (χ1) is 11.1. The van der Waals surface area contributed by atoms with E-state index in [2.05, 4.69) is 20.3 Å². The van der Waals surface area contributed by atoms with E-state index in [0.29, 0.717) is 19.7 Å². The molecular weight excluding hydrogens is 296 g/mol. The average Bonchev–Trinajstić information content (AvgIpc) is 2.97. The van der Waals surface area contributed by atoms with Crippen LogP contribution in [-0.2, 0) is 11.3 Å². The monoisotopic (exact) mass is 322 g/mol. The van der Waals surface area contributed by atoms with Crippen LogP contribution >= 0.6 is 0 Å². The zero-order valence-electron chi connectivity index (χ0n) is 14.2. The highest BCUT2D eigenvalue weighted by molar-refractivity contribution is 5.80. The Bertz CT molecular complexity index is 534. The quantitative estimate of drug-likeness (QED) is 0.647. The van der Waals surface area contributed by atoms with E-state index in [1.165, 1.54) is 0 Å². The summed E-state index contributed by atoms with van der Waals surface area (Å²) >= 11 is 0. The molecule has 0 aliphatic carbocycles. The molecule has 23 heavy (non-hydrogen) atoms. The Morgan fingerprint density at radius 3 is 2.61 bits per heavy atom. The lowest BCUT2D eigenvalue weighted by Gasteiger charge is -2.35. The molecule has 128 valence electrons. The molecule has 1 aliphatic heterocycles. The summed E-state index contributed by atoms with van der Waals surface area (Å²) in [7, 11) is 1.78. The van der Waals surface area contributed by atoms with Crippen LogP contribution in [0, 0.1) is 6.92 Å². The summed E-state index contributed by atoms with van der Waals surface area (Å²) in [6.07, 6.45) is 3.63. The third-order valence-electron chi connectivity index (χ3n) is 3.70. The molecule has 8 nitrogen and oxygen atoms in total. The van der Waals surface area contributed by atoms with Gasteiger partial charge in [-0.05, 0) is 19.4 Å². The van der Waals surface area contributed by atoms with Gasteiger partial charge in [0.05, 0.1) is 19.3 Å². The average molecular weight is 322 g/mol. The van der Waals surface area contributed by atoms with Gasteiger partial charge < -0.3 is 19.9 Å². The van der Waals surface area contributed by atoms with Gasteiger partial charge in [-0.25, -0.2) is 4.79 Å². The fourth-order valence-electron chi connectivity index (χ4n) is 2.52. The van der Waals surface area contributed by atoms with Crippen molar-refractivity contribution < 1.29 is 9.53 Å². The number of rotatable bonds is 4. The van der Waals surface area contributed by atoms with Crippen LogP contribution in [0.1, 0.15) is 12.5 Å². The Kier molecular flexibility index (Phi) is 6.25. The Morgan fingerprint density at radius 1 is 1.35 bits per heavy atom. The van der Waals surface area contributed by atoms with Crippen LogP contribution in [0.15, 0.2) is 17.4 Å². The molecule has 0 saturated carbocycles. The summed E-state index contributed by atoms with van der Waals surface area (Å²) in [6.45, 7) is 8.60. The summed E-state index contributed by atoms with van der Waals surface area (Å²) in [6, 6.07) is 0. The summed E-state index contributed by atoms with van der Waals surface area (Å²) in [5, 5.41) is 7.61. The molecule has 2 rings (SSSR count). The minimum absolute atomic E-state index is 0.232. The van der Waals surface area contributed by atoms with Crippen molar-refractivity contribution in [1.29, 1.82) is 0 Å². The first-order valence-electron chi connectivity index (χ1n) is 8.00. The summed E-state index contributed by atoms with van der Waals surface area (Å²) in [4.78, 5) is 19.9. The molecule has 0 spiro atoms. The maximum Gasteiger partial charge on any atom is 0.409 e. The zero-order valence-corrected chi connectivity index (χ0v) is 14.2. The van der Waals surface area contributed by atoms with Gasteiger partial charge in [0, 0.05) is 46.0 Å². The Labute approximate surface area is 137 Å². The molecule has 1 amide bonds. The smallest absolute Gasteiger partial charge is 0.409 e. The molecular formula is C15H26N6O2. The number of piperazine rings is 1. The molecule has 0 unspecified atom stereocenters. The van der Waals surface area contributed by atoms with Crippen molar-refractivity contribution in [2.75, 3.05) is 46.4 Å². The zero-order chi connectivity index (χ0) is 16.7. The van der Waals surface area contributed by atoms with E-state index in [9.17, 15) is 4.79 Å². The van der Waals surface area contributed by atoms with Gasteiger partial charge in [-0.3, -0.25) is 9.67 Å². The predicted octanol–water partition coefficient (Wildman–Crippen LogP) is 0.541. The van der Waals surface area contributed by atoms with Gasteiger partial charge in [-0.1, -0.05) is 0 Å². The SMILES string of the molecule is CCOC(=O)N1CCN(C(=NC)NCCn2cc(C)cn2)CC1. The van der Waals surface area contributed by atoms with E-state index in [1.807, 2.05) is 30.9 Å². The molecule has 0 bridgehead atoms. The molecule has 1 aliphatic rings. The van der Waals surface area contributed by atoms with E-state index < -0.39 is 0 Å². The predicted molar refractivity (Wildman–Crippen MR) is 88.5 cm³/mol. The third-order valence-corrected chi connectivity index (χ3v) is 3.70. The number of hydrogen-bond donors (Lipinski definition) is 1. The largest absolute Gasteiger partial charge is 0.450 e. The molecule has 1 N–H and O–H groups in total. The van der Waals surface area contributed by atoms with Crippen LogP contribution < -0.4 is 5.32 Å². The van der Waals surface area contributed by atoms with Gasteiger partial charge in [0.1, 0.15) is 0 Å². The molecule has 2 heterocycles. The Hall–Kier alpha value is -2.25. The number of carbonyl (C=O) groups excluding carboxylic acids is 1. The molecule has 1 saturated heterocycles. The van der Waals surface area contributed by atoms with Gasteiger partial charge >= 0.3 is 6.09 Å². The number of nitrogens with zero attached hydrogens (tertiary/aromatic N) is 5. The molecule has 8 heteroatoms. The maximum absolute atomic E-state index is 11.7. The summed E-state index contributed by atoms with van der Waals surface area (Å²) in [5.74, 6) is 0.859. The molecule has 0 aromatic carbocycles. The fraction of sp³-hybridized carbons (Fsp3) is 0.667.